The number of carbonyl (C=O) groups is 2. The van der Waals surface area contributed by atoms with E-state index in [0.29, 0.717) is 11.3 Å². The maximum atomic E-state index is 13.1. The quantitative estimate of drug-likeness (QED) is 0.200. The SMILES string of the molecule is COc1cc([C@@H]2C(=C(O)c3ccc([N+](=O)[O-])cc3)C(=O)C(=O)N2c2ccccc2)ccc1O. The molecule has 0 radical (unpaired) electrons. The topological polar surface area (TPSA) is 130 Å². The highest BCUT2D eigenvalue weighted by Gasteiger charge is 2.47. The highest BCUT2D eigenvalue weighted by atomic mass is 16.6. The van der Waals surface area contributed by atoms with E-state index in [9.17, 15) is 29.9 Å². The number of aromatic hydroxyl groups is 1. The van der Waals surface area contributed by atoms with Crippen LogP contribution in [0.3, 0.4) is 0 Å². The molecule has 0 spiro atoms. The van der Waals surface area contributed by atoms with Gasteiger partial charge in [0.15, 0.2) is 11.5 Å². The van der Waals surface area contributed by atoms with Crippen LogP contribution < -0.4 is 9.64 Å². The lowest BCUT2D eigenvalue weighted by atomic mass is 9.94. The normalized spacial score (nSPS) is 17.2. The number of para-hydroxylation sites is 1. The molecule has 1 aliphatic heterocycles. The molecule has 3 aromatic carbocycles. The molecule has 0 unspecified atom stereocenters. The summed E-state index contributed by atoms with van der Waals surface area (Å²) in [6.45, 7) is 0. The van der Waals surface area contributed by atoms with Crippen LogP contribution in [-0.4, -0.2) is 33.9 Å². The molecule has 0 aromatic heterocycles. The molecule has 1 heterocycles. The Labute approximate surface area is 187 Å². The van der Waals surface area contributed by atoms with Crippen molar-refractivity contribution in [1.29, 1.82) is 0 Å². The molecule has 0 saturated carbocycles. The average molecular weight is 446 g/mol. The number of phenolic OH excluding ortho intramolecular Hbond substituents is 1. The summed E-state index contributed by atoms with van der Waals surface area (Å²) in [7, 11) is 1.36. The number of nitro benzene ring substituents is 1. The van der Waals surface area contributed by atoms with Crippen LogP contribution in [0.5, 0.6) is 11.5 Å². The molecule has 1 amide bonds. The number of aliphatic hydroxyl groups is 1. The summed E-state index contributed by atoms with van der Waals surface area (Å²) < 4.78 is 5.18. The molecule has 1 aliphatic rings. The van der Waals surface area contributed by atoms with Gasteiger partial charge in [-0.2, -0.15) is 0 Å². The Morgan fingerprint density at radius 2 is 1.70 bits per heavy atom. The smallest absolute Gasteiger partial charge is 0.300 e. The molecule has 1 saturated heterocycles. The standard InChI is InChI=1S/C24H18N2O7/c1-33-19-13-15(9-12-18(19)27)21-20(22(28)14-7-10-17(11-8-14)26(31)32)23(29)24(30)25(21)16-5-3-2-4-6-16/h2-13,21,27-28H,1H3/t21-/m1/s1. The fourth-order valence-corrected chi connectivity index (χ4v) is 3.76. The fraction of sp³-hybridized carbons (Fsp3) is 0.0833. The van der Waals surface area contributed by atoms with Crippen LogP contribution in [0.25, 0.3) is 5.76 Å². The number of ketones is 1. The molecular formula is C24H18N2O7. The number of hydrogen-bond donors (Lipinski definition) is 2. The zero-order valence-electron chi connectivity index (χ0n) is 17.3. The van der Waals surface area contributed by atoms with Crippen molar-refractivity contribution in [2.75, 3.05) is 12.0 Å². The number of phenols is 1. The Morgan fingerprint density at radius 1 is 1.03 bits per heavy atom. The number of non-ortho nitro benzene ring substituents is 1. The number of benzene rings is 3. The van der Waals surface area contributed by atoms with Crippen molar-refractivity contribution in [3.63, 3.8) is 0 Å². The van der Waals surface area contributed by atoms with Crippen molar-refractivity contribution in [2.45, 2.75) is 6.04 Å². The molecule has 9 nitrogen and oxygen atoms in total. The van der Waals surface area contributed by atoms with Gasteiger partial charge in [-0.1, -0.05) is 24.3 Å². The van der Waals surface area contributed by atoms with Gasteiger partial charge in [0.05, 0.1) is 23.6 Å². The third-order valence-corrected chi connectivity index (χ3v) is 5.35. The van der Waals surface area contributed by atoms with E-state index >= 15 is 0 Å². The monoisotopic (exact) mass is 446 g/mol. The lowest BCUT2D eigenvalue weighted by Gasteiger charge is -2.25. The third kappa shape index (κ3) is 3.76. The van der Waals surface area contributed by atoms with Gasteiger partial charge in [0.2, 0.25) is 0 Å². The van der Waals surface area contributed by atoms with Crippen molar-refractivity contribution in [3.8, 4) is 11.5 Å². The minimum absolute atomic E-state index is 0.126. The van der Waals surface area contributed by atoms with Crippen LogP contribution in [0.4, 0.5) is 11.4 Å². The van der Waals surface area contributed by atoms with Crippen molar-refractivity contribution < 1.29 is 29.5 Å². The highest BCUT2D eigenvalue weighted by Crippen LogP contribution is 2.43. The lowest BCUT2D eigenvalue weighted by molar-refractivity contribution is -0.384. The van der Waals surface area contributed by atoms with Crippen molar-refractivity contribution in [2.24, 2.45) is 0 Å². The van der Waals surface area contributed by atoms with Crippen LogP contribution in [0.15, 0.2) is 78.4 Å². The minimum Gasteiger partial charge on any atom is -0.507 e. The van der Waals surface area contributed by atoms with Gasteiger partial charge < -0.3 is 14.9 Å². The molecule has 3 aromatic rings. The summed E-state index contributed by atoms with van der Waals surface area (Å²) in [5, 5.41) is 32.0. The van der Waals surface area contributed by atoms with E-state index in [-0.39, 0.29) is 28.3 Å². The van der Waals surface area contributed by atoms with E-state index in [1.807, 2.05) is 0 Å². The number of amides is 1. The van der Waals surface area contributed by atoms with Gasteiger partial charge in [0.25, 0.3) is 17.4 Å². The van der Waals surface area contributed by atoms with Gasteiger partial charge in [-0.3, -0.25) is 24.6 Å². The molecule has 1 fully saturated rings. The van der Waals surface area contributed by atoms with Crippen LogP contribution >= 0.6 is 0 Å². The first-order valence-electron chi connectivity index (χ1n) is 9.81. The van der Waals surface area contributed by atoms with Crippen LogP contribution in [-0.2, 0) is 9.59 Å². The van der Waals surface area contributed by atoms with Gasteiger partial charge >= 0.3 is 0 Å². The summed E-state index contributed by atoms with van der Waals surface area (Å²) in [5.74, 6) is -2.23. The van der Waals surface area contributed by atoms with Gasteiger partial charge in [0.1, 0.15) is 5.76 Å². The molecule has 1 atom stereocenters. The second-order valence-electron chi connectivity index (χ2n) is 7.24. The van der Waals surface area contributed by atoms with E-state index < -0.39 is 28.4 Å². The largest absolute Gasteiger partial charge is 0.507 e. The number of nitro groups is 1. The first-order valence-corrected chi connectivity index (χ1v) is 9.81. The van der Waals surface area contributed by atoms with E-state index in [1.165, 1.54) is 54.5 Å². The second-order valence-corrected chi connectivity index (χ2v) is 7.24. The molecule has 166 valence electrons. The lowest BCUT2D eigenvalue weighted by Crippen LogP contribution is -2.29. The van der Waals surface area contributed by atoms with Crippen molar-refractivity contribution >= 4 is 28.8 Å². The summed E-state index contributed by atoms with van der Waals surface area (Å²) >= 11 is 0. The number of hydrogen-bond acceptors (Lipinski definition) is 7. The zero-order valence-corrected chi connectivity index (χ0v) is 17.3. The molecule has 4 rings (SSSR count). The maximum absolute atomic E-state index is 13.1. The third-order valence-electron chi connectivity index (χ3n) is 5.35. The summed E-state index contributed by atoms with van der Waals surface area (Å²) in [4.78, 5) is 37.8. The summed E-state index contributed by atoms with van der Waals surface area (Å²) in [6.07, 6.45) is 0. The number of anilines is 1. The number of nitrogens with zero attached hydrogens (tertiary/aromatic N) is 2. The van der Waals surface area contributed by atoms with Crippen LogP contribution in [0, 0.1) is 10.1 Å². The number of carbonyl (C=O) groups excluding carboxylic acids is 2. The van der Waals surface area contributed by atoms with Crippen molar-refractivity contribution in [1.82, 2.24) is 0 Å². The number of methoxy groups -OCH3 is 1. The highest BCUT2D eigenvalue weighted by molar-refractivity contribution is 6.51. The second kappa shape index (κ2) is 8.46. The first-order chi connectivity index (χ1) is 15.8. The molecular weight excluding hydrogens is 428 g/mol. The summed E-state index contributed by atoms with van der Waals surface area (Å²) in [6, 6.07) is 16.8. The number of aliphatic hydroxyl groups excluding tert-OH is 1. The Bertz CT molecular complexity index is 1280. The van der Waals surface area contributed by atoms with E-state index in [0.717, 1.165) is 0 Å². The van der Waals surface area contributed by atoms with Crippen molar-refractivity contribution in [3.05, 3.63) is 99.6 Å². The molecule has 0 bridgehead atoms. The molecule has 9 heteroatoms. The Hall–Kier alpha value is -4.66. The van der Waals surface area contributed by atoms with Gasteiger partial charge in [-0.25, -0.2) is 0 Å². The summed E-state index contributed by atoms with van der Waals surface area (Å²) in [5.41, 5.74) is 0.611. The molecule has 0 aliphatic carbocycles. The predicted octanol–water partition coefficient (Wildman–Crippen LogP) is 3.94. The zero-order chi connectivity index (χ0) is 23.7. The Kier molecular flexibility index (Phi) is 5.53. The maximum Gasteiger partial charge on any atom is 0.300 e. The fourth-order valence-electron chi connectivity index (χ4n) is 3.76. The molecule has 2 N–H and O–H groups in total. The van der Waals surface area contributed by atoms with Crippen LogP contribution in [0.1, 0.15) is 17.2 Å². The van der Waals surface area contributed by atoms with E-state index in [4.69, 9.17) is 4.74 Å². The van der Waals surface area contributed by atoms with E-state index in [2.05, 4.69) is 0 Å². The first kappa shape index (κ1) is 21.6. The van der Waals surface area contributed by atoms with Gasteiger partial charge in [-0.05, 0) is 42.0 Å². The number of ether oxygens (including phenoxy) is 1. The number of Topliss-reactive ketones (excluding diaryl/α,β-unsaturated/α-hetero) is 1. The molecule has 33 heavy (non-hydrogen) atoms. The number of rotatable bonds is 5. The Morgan fingerprint density at radius 3 is 2.30 bits per heavy atom. The van der Waals surface area contributed by atoms with Gasteiger partial charge in [-0.15, -0.1) is 0 Å². The predicted molar refractivity (Wildman–Crippen MR) is 119 cm³/mol. The average Bonchev–Trinajstić information content (AvgIpc) is 3.10. The Balaban J connectivity index is 1.94. The van der Waals surface area contributed by atoms with E-state index in [1.54, 1.807) is 30.3 Å². The van der Waals surface area contributed by atoms with Gasteiger partial charge in [0, 0.05) is 23.4 Å². The van der Waals surface area contributed by atoms with Crippen LogP contribution in [0.2, 0.25) is 0 Å². The minimum atomic E-state index is -1.03.